The second-order valence-corrected chi connectivity index (χ2v) is 3.38. The van der Waals surface area contributed by atoms with Crippen molar-refractivity contribution in [2.24, 2.45) is 11.8 Å². The van der Waals surface area contributed by atoms with Crippen LogP contribution in [0, 0.1) is 11.8 Å². The Kier molecular flexibility index (Phi) is 1.38. The molecule has 0 fully saturated rings. The van der Waals surface area contributed by atoms with Crippen LogP contribution in [0.3, 0.4) is 0 Å². The fraction of sp³-hybridized carbons (Fsp3) is 0.400. The Balaban J connectivity index is 2.13. The predicted octanol–water partition coefficient (Wildman–Crippen LogP) is 2.58. The molecule has 2 aliphatic carbocycles. The maximum Gasteiger partial charge on any atom is 0.0965 e. The number of allylic oxidation sites excluding steroid dienone is 6. The molecule has 0 amide bonds. The number of rotatable bonds is 1. The number of hydrogen-bond acceptors (Lipinski definition) is 1. The summed E-state index contributed by atoms with van der Waals surface area (Å²) < 4.78 is 0. The van der Waals surface area contributed by atoms with Crippen molar-refractivity contribution in [1.82, 2.24) is 0 Å². The van der Waals surface area contributed by atoms with Crippen LogP contribution in [-0.2, 0) is 0 Å². The van der Waals surface area contributed by atoms with Gasteiger partial charge in [0.1, 0.15) is 0 Å². The largest absolute Gasteiger partial charge is 0.512 e. The van der Waals surface area contributed by atoms with Crippen LogP contribution >= 0.6 is 0 Å². The standard InChI is InChI=1S/C10H12O/c1-7-2-5-10(11)9(6-7)8-3-4-8/h2-5,8-9,11H,6H2,1H3. The number of aliphatic hydroxyl groups is 1. The van der Waals surface area contributed by atoms with E-state index >= 15 is 0 Å². The summed E-state index contributed by atoms with van der Waals surface area (Å²) in [7, 11) is 0. The molecule has 0 aromatic heterocycles. The molecule has 2 aliphatic rings. The van der Waals surface area contributed by atoms with E-state index in [0.29, 0.717) is 17.6 Å². The lowest BCUT2D eigenvalue weighted by molar-refractivity contribution is 0.311. The molecule has 0 aromatic carbocycles. The average Bonchev–Trinajstić information content (AvgIpc) is 2.76. The van der Waals surface area contributed by atoms with E-state index < -0.39 is 0 Å². The molecule has 0 heterocycles. The molecule has 0 aliphatic heterocycles. The van der Waals surface area contributed by atoms with Crippen molar-refractivity contribution in [2.45, 2.75) is 13.3 Å². The summed E-state index contributed by atoms with van der Waals surface area (Å²) >= 11 is 0. The van der Waals surface area contributed by atoms with Gasteiger partial charge in [-0.25, -0.2) is 0 Å². The molecule has 11 heavy (non-hydrogen) atoms. The third-order valence-electron chi connectivity index (χ3n) is 2.34. The number of aliphatic hydroxyl groups excluding tert-OH is 1. The third kappa shape index (κ3) is 1.23. The Morgan fingerprint density at radius 1 is 1.36 bits per heavy atom. The van der Waals surface area contributed by atoms with Crippen LogP contribution in [0.5, 0.6) is 0 Å². The molecule has 1 nitrogen and oxygen atoms in total. The normalized spacial score (nSPS) is 29.7. The van der Waals surface area contributed by atoms with Gasteiger partial charge in [-0.15, -0.1) is 0 Å². The predicted molar refractivity (Wildman–Crippen MR) is 45.2 cm³/mol. The molecule has 0 aromatic rings. The minimum absolute atomic E-state index is 0.347. The van der Waals surface area contributed by atoms with Crippen LogP contribution in [-0.4, -0.2) is 5.11 Å². The minimum atomic E-state index is 0.347. The van der Waals surface area contributed by atoms with Gasteiger partial charge in [-0.2, -0.15) is 0 Å². The summed E-state index contributed by atoms with van der Waals surface area (Å²) in [4.78, 5) is 0. The van der Waals surface area contributed by atoms with Gasteiger partial charge in [-0.3, -0.25) is 0 Å². The summed E-state index contributed by atoms with van der Waals surface area (Å²) in [5.74, 6) is 1.43. The average molecular weight is 148 g/mol. The first-order valence-electron chi connectivity index (χ1n) is 4.02. The van der Waals surface area contributed by atoms with Gasteiger partial charge in [-0.05, 0) is 19.4 Å². The van der Waals surface area contributed by atoms with Gasteiger partial charge in [0, 0.05) is 11.8 Å². The fourth-order valence-electron chi connectivity index (χ4n) is 1.54. The van der Waals surface area contributed by atoms with Gasteiger partial charge >= 0.3 is 0 Å². The quantitative estimate of drug-likeness (QED) is 0.566. The summed E-state index contributed by atoms with van der Waals surface area (Å²) in [5, 5.41) is 9.47. The molecule has 0 saturated carbocycles. The van der Waals surface area contributed by atoms with Crippen LogP contribution in [0.1, 0.15) is 13.3 Å². The van der Waals surface area contributed by atoms with E-state index in [0.717, 1.165) is 6.42 Å². The highest BCUT2D eigenvalue weighted by molar-refractivity contribution is 5.29. The number of hydrogen-bond donors (Lipinski definition) is 1. The molecule has 2 rings (SSSR count). The van der Waals surface area contributed by atoms with Crippen LogP contribution in [0.4, 0.5) is 0 Å². The van der Waals surface area contributed by atoms with Crippen molar-refractivity contribution in [1.29, 1.82) is 0 Å². The molecular formula is C10H12O. The van der Waals surface area contributed by atoms with Gasteiger partial charge in [0.15, 0.2) is 0 Å². The lowest BCUT2D eigenvalue weighted by Gasteiger charge is -2.19. The molecule has 0 spiro atoms. The van der Waals surface area contributed by atoms with Crippen molar-refractivity contribution in [3.8, 4) is 0 Å². The summed E-state index contributed by atoms with van der Waals surface area (Å²) in [5.41, 5.74) is 1.36. The summed E-state index contributed by atoms with van der Waals surface area (Å²) in [6.45, 7) is 2.11. The van der Waals surface area contributed by atoms with E-state index in [2.05, 4.69) is 19.1 Å². The Bertz CT molecular complexity index is 252. The van der Waals surface area contributed by atoms with Crippen molar-refractivity contribution in [2.75, 3.05) is 0 Å². The van der Waals surface area contributed by atoms with Crippen molar-refractivity contribution in [3.05, 3.63) is 35.6 Å². The first-order valence-corrected chi connectivity index (χ1v) is 4.02. The molecule has 0 saturated heterocycles. The van der Waals surface area contributed by atoms with E-state index in [-0.39, 0.29) is 0 Å². The Morgan fingerprint density at radius 2 is 2.09 bits per heavy atom. The van der Waals surface area contributed by atoms with E-state index in [4.69, 9.17) is 0 Å². The SMILES string of the molecule is CC1=CC=C(O)C(C2C=C2)C1. The van der Waals surface area contributed by atoms with Crippen LogP contribution in [0.2, 0.25) is 0 Å². The van der Waals surface area contributed by atoms with Gasteiger partial charge < -0.3 is 5.11 Å². The van der Waals surface area contributed by atoms with Crippen LogP contribution in [0.15, 0.2) is 35.6 Å². The maximum atomic E-state index is 9.47. The lowest BCUT2D eigenvalue weighted by Crippen LogP contribution is -2.10. The monoisotopic (exact) mass is 148 g/mol. The van der Waals surface area contributed by atoms with Gasteiger partial charge in [0.2, 0.25) is 0 Å². The second kappa shape index (κ2) is 2.26. The Labute approximate surface area is 66.7 Å². The molecular weight excluding hydrogens is 136 g/mol. The van der Waals surface area contributed by atoms with E-state index in [1.807, 2.05) is 12.2 Å². The maximum absolute atomic E-state index is 9.47. The molecule has 1 heteroatoms. The van der Waals surface area contributed by atoms with Crippen LogP contribution < -0.4 is 0 Å². The van der Waals surface area contributed by atoms with Gasteiger partial charge in [0.05, 0.1) is 5.76 Å². The Hall–Kier alpha value is -0.980. The van der Waals surface area contributed by atoms with Gasteiger partial charge in [0.25, 0.3) is 0 Å². The molecule has 1 atom stereocenters. The first-order chi connectivity index (χ1) is 5.27. The minimum Gasteiger partial charge on any atom is -0.512 e. The molecule has 0 bridgehead atoms. The molecule has 1 unspecified atom stereocenters. The topological polar surface area (TPSA) is 20.2 Å². The fourth-order valence-corrected chi connectivity index (χ4v) is 1.54. The first kappa shape index (κ1) is 6.71. The van der Waals surface area contributed by atoms with Crippen molar-refractivity contribution >= 4 is 0 Å². The highest BCUT2D eigenvalue weighted by Crippen LogP contribution is 2.37. The smallest absolute Gasteiger partial charge is 0.0965 e. The van der Waals surface area contributed by atoms with Crippen LogP contribution in [0.25, 0.3) is 0 Å². The lowest BCUT2D eigenvalue weighted by atomic mass is 9.88. The van der Waals surface area contributed by atoms with Crippen molar-refractivity contribution < 1.29 is 5.11 Å². The summed E-state index contributed by atoms with van der Waals surface area (Å²) in [6, 6.07) is 0. The van der Waals surface area contributed by atoms with E-state index in [1.165, 1.54) is 5.57 Å². The molecule has 0 radical (unpaired) electrons. The second-order valence-electron chi connectivity index (χ2n) is 3.38. The molecule has 58 valence electrons. The zero-order valence-electron chi connectivity index (χ0n) is 6.62. The van der Waals surface area contributed by atoms with E-state index in [9.17, 15) is 5.11 Å². The zero-order valence-corrected chi connectivity index (χ0v) is 6.62. The van der Waals surface area contributed by atoms with E-state index in [1.54, 1.807) is 0 Å². The summed E-state index contributed by atoms with van der Waals surface area (Å²) in [6.07, 6.45) is 9.12. The molecule has 1 N–H and O–H groups in total. The van der Waals surface area contributed by atoms with Gasteiger partial charge in [-0.1, -0.05) is 23.8 Å². The zero-order chi connectivity index (χ0) is 7.84. The Morgan fingerprint density at radius 3 is 2.73 bits per heavy atom. The highest BCUT2D eigenvalue weighted by Gasteiger charge is 2.28. The highest BCUT2D eigenvalue weighted by atomic mass is 16.3. The third-order valence-corrected chi connectivity index (χ3v) is 2.34. The van der Waals surface area contributed by atoms with Crippen molar-refractivity contribution in [3.63, 3.8) is 0 Å².